The molecule has 0 radical (unpaired) electrons. The molecule has 0 atom stereocenters. The van der Waals surface area contributed by atoms with E-state index in [0.29, 0.717) is 5.16 Å². The number of aromatic nitrogens is 2. The third kappa shape index (κ3) is 5.45. The van der Waals surface area contributed by atoms with Crippen LogP contribution in [-0.2, 0) is 11.2 Å². The summed E-state index contributed by atoms with van der Waals surface area (Å²) in [5, 5.41) is 3.29. The predicted octanol–water partition coefficient (Wildman–Crippen LogP) is 3.06. The largest absolute Gasteiger partial charge is 0.325 e. The van der Waals surface area contributed by atoms with Gasteiger partial charge in [0, 0.05) is 21.0 Å². The highest BCUT2D eigenvalue weighted by Gasteiger charge is 2.07. The number of rotatable bonds is 6. The number of hydrogen-bond donors (Lipinski definition) is 2. The molecule has 0 fully saturated rings. The molecule has 1 aromatic heterocycles. The van der Waals surface area contributed by atoms with Crippen LogP contribution in [0.5, 0.6) is 0 Å². The quantitative estimate of drug-likeness (QED) is 0.421. The Kier molecular flexibility index (Phi) is 6.44. The number of carbonyl (C=O) groups is 1. The average molecular weight is 429 g/mol. The number of nitrogens with zero attached hydrogens (tertiary/aromatic N) is 1. The van der Waals surface area contributed by atoms with Crippen molar-refractivity contribution in [3.63, 3.8) is 0 Å². The zero-order valence-corrected chi connectivity index (χ0v) is 15.0. The minimum Gasteiger partial charge on any atom is -0.325 e. The maximum atomic E-state index is 11.9. The first-order valence-electron chi connectivity index (χ1n) is 6.85. The first-order valence-corrected chi connectivity index (χ1v) is 8.91. The number of H-pyrrole nitrogens is 1. The summed E-state index contributed by atoms with van der Waals surface area (Å²) in [6, 6.07) is 9.06. The molecule has 0 aliphatic carbocycles. The van der Waals surface area contributed by atoms with E-state index < -0.39 is 0 Å². The van der Waals surface area contributed by atoms with Crippen molar-refractivity contribution in [3.8, 4) is 0 Å². The highest BCUT2D eigenvalue weighted by atomic mass is 127. The SMILES string of the molecule is CCCc1cc(=O)[nH]c(SCC(=O)Nc2ccc(I)cc2)n1. The number of nitrogens with one attached hydrogen (secondary N) is 2. The summed E-state index contributed by atoms with van der Waals surface area (Å²) in [4.78, 5) is 30.4. The predicted molar refractivity (Wildman–Crippen MR) is 97.4 cm³/mol. The molecule has 5 nitrogen and oxygen atoms in total. The number of halogens is 1. The molecule has 116 valence electrons. The normalized spacial score (nSPS) is 10.5. The monoisotopic (exact) mass is 429 g/mol. The van der Waals surface area contributed by atoms with Crippen molar-refractivity contribution in [2.75, 3.05) is 11.1 Å². The van der Waals surface area contributed by atoms with Crippen LogP contribution in [0.1, 0.15) is 19.0 Å². The minimum atomic E-state index is -0.181. The van der Waals surface area contributed by atoms with Gasteiger partial charge in [-0.05, 0) is 53.3 Å². The van der Waals surface area contributed by atoms with Gasteiger partial charge in [-0.2, -0.15) is 0 Å². The van der Waals surface area contributed by atoms with Gasteiger partial charge < -0.3 is 10.3 Å². The molecule has 0 spiro atoms. The molecule has 1 heterocycles. The molecule has 7 heteroatoms. The summed E-state index contributed by atoms with van der Waals surface area (Å²) in [5.41, 5.74) is 1.33. The van der Waals surface area contributed by atoms with Crippen molar-refractivity contribution in [1.29, 1.82) is 0 Å². The van der Waals surface area contributed by atoms with Crippen molar-refractivity contribution < 1.29 is 4.79 Å². The van der Waals surface area contributed by atoms with E-state index >= 15 is 0 Å². The van der Waals surface area contributed by atoms with Crippen molar-refractivity contribution >= 4 is 45.9 Å². The Hall–Kier alpha value is -1.35. The topological polar surface area (TPSA) is 74.8 Å². The molecular weight excluding hydrogens is 413 g/mol. The van der Waals surface area contributed by atoms with Crippen LogP contribution in [-0.4, -0.2) is 21.6 Å². The van der Waals surface area contributed by atoms with E-state index in [1.165, 1.54) is 17.8 Å². The van der Waals surface area contributed by atoms with Gasteiger partial charge in [0.1, 0.15) is 0 Å². The van der Waals surface area contributed by atoms with E-state index in [-0.39, 0.29) is 17.2 Å². The number of anilines is 1. The fraction of sp³-hybridized carbons (Fsp3) is 0.267. The van der Waals surface area contributed by atoms with E-state index in [1.54, 1.807) is 0 Å². The van der Waals surface area contributed by atoms with Gasteiger partial charge >= 0.3 is 0 Å². The Bertz CT molecular complexity index is 701. The van der Waals surface area contributed by atoms with Crippen LogP contribution < -0.4 is 10.9 Å². The number of benzene rings is 1. The molecule has 2 N–H and O–H groups in total. The molecule has 0 unspecified atom stereocenters. The molecule has 2 aromatic rings. The van der Waals surface area contributed by atoms with Crippen LogP contribution in [0.15, 0.2) is 40.3 Å². The highest BCUT2D eigenvalue weighted by Crippen LogP contribution is 2.14. The van der Waals surface area contributed by atoms with Crippen LogP contribution in [0.25, 0.3) is 0 Å². The van der Waals surface area contributed by atoms with Crippen molar-refractivity contribution in [2.45, 2.75) is 24.9 Å². The zero-order valence-electron chi connectivity index (χ0n) is 12.1. The number of aryl methyl sites for hydroxylation is 1. The molecule has 0 aliphatic rings. The third-order valence-electron chi connectivity index (χ3n) is 2.75. The fourth-order valence-corrected chi connectivity index (χ4v) is 2.85. The van der Waals surface area contributed by atoms with Crippen LogP contribution in [0.4, 0.5) is 5.69 Å². The van der Waals surface area contributed by atoms with Gasteiger partial charge in [0.25, 0.3) is 5.56 Å². The van der Waals surface area contributed by atoms with E-state index in [2.05, 4.69) is 37.9 Å². The summed E-state index contributed by atoms with van der Waals surface area (Å²) in [7, 11) is 0. The standard InChI is InChI=1S/C15H16IN3O2S/c1-2-3-12-8-13(20)19-15(18-12)22-9-14(21)17-11-6-4-10(16)5-7-11/h4-8H,2-3,9H2,1H3,(H,17,21)(H,18,19,20). The number of thioether (sulfide) groups is 1. The Labute approximate surface area is 146 Å². The molecule has 0 aliphatic heterocycles. The minimum absolute atomic E-state index is 0.130. The molecule has 0 bridgehead atoms. The first kappa shape index (κ1) is 17.0. The second-order valence-corrected chi connectivity index (χ2v) is 6.85. The van der Waals surface area contributed by atoms with Gasteiger partial charge in [-0.25, -0.2) is 4.98 Å². The lowest BCUT2D eigenvalue weighted by atomic mass is 10.2. The van der Waals surface area contributed by atoms with Gasteiger partial charge in [-0.3, -0.25) is 9.59 Å². The maximum Gasteiger partial charge on any atom is 0.251 e. The lowest BCUT2D eigenvalue weighted by molar-refractivity contribution is -0.113. The van der Waals surface area contributed by atoms with Crippen LogP contribution in [0, 0.1) is 3.57 Å². The lowest BCUT2D eigenvalue weighted by Crippen LogP contribution is -2.15. The second-order valence-electron chi connectivity index (χ2n) is 4.64. The fourth-order valence-electron chi connectivity index (χ4n) is 1.80. The smallest absolute Gasteiger partial charge is 0.251 e. The van der Waals surface area contributed by atoms with Gasteiger partial charge in [-0.1, -0.05) is 25.1 Å². The van der Waals surface area contributed by atoms with E-state index in [9.17, 15) is 9.59 Å². The van der Waals surface area contributed by atoms with E-state index in [4.69, 9.17) is 0 Å². The zero-order chi connectivity index (χ0) is 15.9. The van der Waals surface area contributed by atoms with Gasteiger partial charge in [-0.15, -0.1) is 0 Å². The Morgan fingerprint density at radius 3 is 2.77 bits per heavy atom. The lowest BCUT2D eigenvalue weighted by Gasteiger charge is -2.05. The maximum absolute atomic E-state index is 11.9. The summed E-state index contributed by atoms with van der Waals surface area (Å²) < 4.78 is 1.11. The van der Waals surface area contributed by atoms with E-state index in [1.807, 2.05) is 31.2 Å². The first-order chi connectivity index (χ1) is 10.6. The number of hydrogen-bond acceptors (Lipinski definition) is 4. The second kappa shape index (κ2) is 8.33. The molecule has 22 heavy (non-hydrogen) atoms. The average Bonchev–Trinajstić information content (AvgIpc) is 2.47. The summed E-state index contributed by atoms with van der Waals surface area (Å²) in [6.45, 7) is 2.03. The van der Waals surface area contributed by atoms with Gasteiger partial charge in [0.2, 0.25) is 5.91 Å². The molecule has 1 aromatic carbocycles. The van der Waals surface area contributed by atoms with Crippen molar-refractivity contribution in [2.24, 2.45) is 0 Å². The summed E-state index contributed by atoms with van der Waals surface area (Å²) in [5.74, 6) is 0.0691. The Morgan fingerprint density at radius 2 is 2.09 bits per heavy atom. The van der Waals surface area contributed by atoms with Crippen molar-refractivity contribution in [1.82, 2.24) is 9.97 Å². The molecule has 0 saturated carbocycles. The summed E-state index contributed by atoms with van der Waals surface area (Å²) >= 11 is 3.43. The van der Waals surface area contributed by atoms with Crippen molar-refractivity contribution in [3.05, 3.63) is 49.9 Å². The molecule has 2 rings (SSSR count). The Morgan fingerprint density at radius 1 is 1.36 bits per heavy atom. The number of aromatic amines is 1. The number of carbonyl (C=O) groups excluding carboxylic acids is 1. The molecule has 1 amide bonds. The van der Waals surface area contributed by atoms with E-state index in [0.717, 1.165) is 27.8 Å². The molecular formula is C15H16IN3O2S. The molecule has 0 saturated heterocycles. The van der Waals surface area contributed by atoms with Crippen LogP contribution >= 0.6 is 34.4 Å². The summed E-state index contributed by atoms with van der Waals surface area (Å²) in [6.07, 6.45) is 1.68. The van der Waals surface area contributed by atoms with Gasteiger partial charge in [0.15, 0.2) is 5.16 Å². The third-order valence-corrected chi connectivity index (χ3v) is 4.34. The van der Waals surface area contributed by atoms with Gasteiger partial charge in [0.05, 0.1) is 5.75 Å². The highest BCUT2D eigenvalue weighted by molar-refractivity contribution is 14.1. The number of amides is 1. The van der Waals surface area contributed by atoms with Crippen LogP contribution in [0.3, 0.4) is 0 Å². The Balaban J connectivity index is 1.93. The van der Waals surface area contributed by atoms with Crippen LogP contribution in [0.2, 0.25) is 0 Å².